The molecule has 0 atom stereocenters. The van der Waals surface area contributed by atoms with Gasteiger partial charge < -0.3 is 0 Å². The molecule has 0 N–H and O–H groups in total. The Morgan fingerprint density at radius 1 is 0.444 bits per heavy atom. The van der Waals surface area contributed by atoms with E-state index in [9.17, 15) is 19.2 Å². The summed E-state index contributed by atoms with van der Waals surface area (Å²) >= 11 is 3.15. The average molecular weight is 755 g/mol. The minimum absolute atomic E-state index is 0.322. The molecule has 0 radical (unpaired) electrons. The van der Waals surface area contributed by atoms with Gasteiger partial charge in [-0.3, -0.25) is 29.0 Å². The maximum Gasteiger partial charge on any atom is 0.262 e. The lowest BCUT2D eigenvalue weighted by molar-refractivity contribution is 0.0587. The predicted octanol–water partition coefficient (Wildman–Crippen LogP) is 12.5. The van der Waals surface area contributed by atoms with Gasteiger partial charge in [-0.1, -0.05) is 114 Å². The molecule has 0 saturated carbocycles. The van der Waals surface area contributed by atoms with E-state index >= 15 is 0 Å². The number of thiophene rings is 2. The second-order valence-electron chi connectivity index (χ2n) is 14.8. The van der Waals surface area contributed by atoms with Gasteiger partial charge in [0.05, 0.1) is 11.1 Å². The number of carbonyl (C=O) groups is 4. The van der Waals surface area contributed by atoms with Crippen LogP contribution in [0, 0.1) is 0 Å². The number of rotatable bonds is 16. The van der Waals surface area contributed by atoms with Gasteiger partial charge in [0.25, 0.3) is 23.6 Å². The Labute approximate surface area is 324 Å². The van der Waals surface area contributed by atoms with Gasteiger partial charge in [0.1, 0.15) is 0 Å². The molecule has 276 valence electrons. The van der Waals surface area contributed by atoms with Gasteiger partial charge in [-0.2, -0.15) is 0 Å². The van der Waals surface area contributed by atoms with Gasteiger partial charge in [0.2, 0.25) is 0 Å². The van der Waals surface area contributed by atoms with Gasteiger partial charge in [-0.25, -0.2) is 0 Å². The van der Waals surface area contributed by atoms with Crippen LogP contribution in [0.4, 0.5) is 0 Å². The largest absolute Gasteiger partial charge is 0.274 e. The number of nitrogens with zero attached hydrogens (tertiary/aromatic N) is 2. The third-order valence-electron chi connectivity index (χ3n) is 11.1. The molecule has 0 unspecified atom stereocenters. The summed E-state index contributed by atoms with van der Waals surface area (Å²) in [6.45, 7) is 5.02. The maximum atomic E-state index is 14.8. The highest BCUT2D eigenvalue weighted by Crippen LogP contribution is 2.49. The van der Waals surface area contributed by atoms with Gasteiger partial charge >= 0.3 is 0 Å². The van der Waals surface area contributed by atoms with E-state index in [1.807, 2.05) is 36.4 Å². The maximum absolute atomic E-state index is 14.8. The van der Waals surface area contributed by atoms with E-state index in [0.29, 0.717) is 57.2 Å². The van der Waals surface area contributed by atoms with Crippen molar-refractivity contribution in [1.82, 2.24) is 9.80 Å². The van der Waals surface area contributed by atoms with Crippen LogP contribution in [-0.4, -0.2) is 46.5 Å². The molecule has 6 aromatic rings. The topological polar surface area (TPSA) is 74.8 Å². The highest BCUT2D eigenvalue weighted by Gasteiger charge is 2.43. The molecule has 2 aliphatic heterocycles. The molecule has 4 amide bonds. The monoisotopic (exact) mass is 754 g/mol. The van der Waals surface area contributed by atoms with E-state index in [2.05, 4.69) is 50.2 Å². The second-order valence-corrected chi connectivity index (χ2v) is 17.0. The zero-order valence-electron chi connectivity index (χ0n) is 31.2. The SMILES string of the molecule is CCCCCCCCN1C(=O)c2cc(-c3cc4ccccc4s3)c3c4c(cc(-c5cc6ccccc6s5)c(c24)C1=O)C(=O)N(CCCCCCCC)C3=O. The molecule has 4 aromatic carbocycles. The Bertz CT molecular complexity index is 2200. The molecule has 2 aromatic heterocycles. The summed E-state index contributed by atoms with van der Waals surface area (Å²) in [5, 5.41) is 2.98. The van der Waals surface area contributed by atoms with E-state index in [4.69, 9.17) is 0 Å². The fraction of sp³-hybridized carbons (Fsp3) is 0.348. The summed E-state index contributed by atoms with van der Waals surface area (Å²) in [5.41, 5.74) is 2.89. The summed E-state index contributed by atoms with van der Waals surface area (Å²) in [6, 6.07) is 24.1. The predicted molar refractivity (Wildman–Crippen MR) is 223 cm³/mol. The Morgan fingerprint density at radius 2 is 0.833 bits per heavy atom. The number of hydrogen-bond donors (Lipinski definition) is 0. The smallest absolute Gasteiger partial charge is 0.262 e. The van der Waals surface area contributed by atoms with E-state index in [1.54, 1.807) is 22.7 Å². The van der Waals surface area contributed by atoms with Crippen LogP contribution in [0.5, 0.6) is 0 Å². The molecule has 0 saturated heterocycles. The number of unbranched alkanes of at least 4 members (excludes halogenated alkanes) is 10. The Hall–Kier alpha value is -4.66. The van der Waals surface area contributed by atoms with Crippen molar-refractivity contribution in [3.63, 3.8) is 0 Å². The minimum atomic E-state index is -0.358. The Morgan fingerprint density at radius 3 is 1.24 bits per heavy atom. The highest BCUT2D eigenvalue weighted by atomic mass is 32.1. The zero-order chi connectivity index (χ0) is 37.3. The molecule has 0 spiro atoms. The lowest BCUT2D eigenvalue weighted by Gasteiger charge is -2.34. The summed E-state index contributed by atoms with van der Waals surface area (Å²) in [4.78, 5) is 63.5. The Kier molecular flexibility index (Phi) is 10.5. The van der Waals surface area contributed by atoms with E-state index in [-0.39, 0.29) is 23.6 Å². The van der Waals surface area contributed by atoms with Crippen LogP contribution in [0.25, 0.3) is 51.8 Å². The summed E-state index contributed by atoms with van der Waals surface area (Å²) in [5.74, 6) is -1.42. The van der Waals surface area contributed by atoms with E-state index in [0.717, 1.165) is 94.1 Å². The van der Waals surface area contributed by atoms with Crippen LogP contribution < -0.4 is 0 Å². The summed E-state index contributed by atoms with van der Waals surface area (Å²) in [6.07, 6.45) is 12.4. The zero-order valence-corrected chi connectivity index (χ0v) is 32.8. The molecular formula is C46H46N2O4S2. The van der Waals surface area contributed by atoms with Crippen molar-refractivity contribution in [3.8, 4) is 20.9 Å². The molecule has 4 heterocycles. The third-order valence-corrected chi connectivity index (χ3v) is 13.4. The van der Waals surface area contributed by atoms with Gasteiger partial charge in [0.15, 0.2) is 0 Å². The molecule has 54 heavy (non-hydrogen) atoms. The first kappa shape index (κ1) is 36.3. The number of benzene rings is 4. The molecule has 0 fully saturated rings. The van der Waals surface area contributed by atoms with Crippen molar-refractivity contribution in [2.45, 2.75) is 90.9 Å². The minimum Gasteiger partial charge on any atom is -0.274 e. The van der Waals surface area contributed by atoms with Crippen LogP contribution in [0.1, 0.15) is 132 Å². The average Bonchev–Trinajstić information content (AvgIpc) is 3.82. The van der Waals surface area contributed by atoms with Crippen molar-refractivity contribution in [2.24, 2.45) is 0 Å². The molecule has 0 aliphatic carbocycles. The standard InChI is InChI=1S/C46H46N2O4S2/c1-3-5-7-9-11-17-23-47-43(49)33-27-32(38-26-30-20-14-16-22-36(30)54-38)42-40-34(44(50)48(46(42)52)24-18-12-10-8-6-4-2)28-31(41(39(33)40)45(47)51)37-25-29-19-13-15-21-35(29)53-37/h13-16,19-22,25-28H,3-12,17-18,23-24H2,1-2H3. The first-order chi connectivity index (χ1) is 26.4. The molecule has 2 aliphatic rings. The number of imide groups is 2. The fourth-order valence-electron chi connectivity index (χ4n) is 8.29. The van der Waals surface area contributed by atoms with E-state index in [1.165, 1.54) is 22.6 Å². The summed E-state index contributed by atoms with van der Waals surface area (Å²) in [7, 11) is 0. The van der Waals surface area contributed by atoms with Crippen molar-refractivity contribution >= 4 is 77.2 Å². The van der Waals surface area contributed by atoms with E-state index < -0.39 is 0 Å². The quantitative estimate of drug-likeness (QED) is 0.0728. The summed E-state index contributed by atoms with van der Waals surface area (Å²) < 4.78 is 2.15. The lowest BCUT2D eigenvalue weighted by Crippen LogP contribution is -2.44. The molecule has 0 bridgehead atoms. The first-order valence-electron chi connectivity index (χ1n) is 19.8. The first-order valence-corrected chi connectivity index (χ1v) is 21.4. The second kappa shape index (κ2) is 15.6. The van der Waals surface area contributed by atoms with Gasteiger partial charge in [0, 0.05) is 65.3 Å². The lowest BCUT2D eigenvalue weighted by atomic mass is 9.80. The van der Waals surface area contributed by atoms with Gasteiger partial charge in [-0.15, -0.1) is 22.7 Å². The van der Waals surface area contributed by atoms with Crippen LogP contribution in [0.15, 0.2) is 72.8 Å². The Balaban J connectivity index is 1.33. The normalized spacial score (nSPS) is 14.1. The molecular weight excluding hydrogens is 709 g/mol. The van der Waals surface area contributed by atoms with Crippen LogP contribution in [0.3, 0.4) is 0 Å². The third kappa shape index (κ3) is 6.47. The van der Waals surface area contributed by atoms with Crippen LogP contribution in [0.2, 0.25) is 0 Å². The van der Waals surface area contributed by atoms with Gasteiger partial charge in [-0.05, 0) is 60.0 Å². The molecule has 6 nitrogen and oxygen atoms in total. The van der Waals surface area contributed by atoms with Crippen molar-refractivity contribution in [3.05, 3.63) is 95.1 Å². The highest BCUT2D eigenvalue weighted by molar-refractivity contribution is 7.22. The van der Waals surface area contributed by atoms with Crippen molar-refractivity contribution in [2.75, 3.05) is 13.1 Å². The van der Waals surface area contributed by atoms with Crippen molar-refractivity contribution in [1.29, 1.82) is 0 Å². The van der Waals surface area contributed by atoms with Crippen LogP contribution >= 0.6 is 22.7 Å². The van der Waals surface area contributed by atoms with Crippen LogP contribution in [-0.2, 0) is 0 Å². The number of fused-ring (bicyclic) bond motifs is 2. The number of amides is 4. The molecule has 8 rings (SSSR count). The van der Waals surface area contributed by atoms with Crippen molar-refractivity contribution < 1.29 is 19.2 Å². The number of hydrogen-bond acceptors (Lipinski definition) is 6. The molecule has 8 heteroatoms. The fourth-order valence-corrected chi connectivity index (χ4v) is 10.5. The number of carbonyl (C=O) groups excluding carboxylic acids is 4.